The molecule has 1 aliphatic heterocycles. The summed E-state index contributed by atoms with van der Waals surface area (Å²) in [4.78, 5) is 30.5. The fraction of sp³-hybridized carbons (Fsp3) is 0.115. The van der Waals surface area contributed by atoms with Gasteiger partial charge in [-0.1, -0.05) is 29.8 Å². The highest BCUT2D eigenvalue weighted by Crippen LogP contribution is 2.35. The topological polar surface area (TPSA) is 79.2 Å². The van der Waals surface area contributed by atoms with E-state index in [0.29, 0.717) is 33.1 Å². The first-order chi connectivity index (χ1) is 16.8. The lowest BCUT2D eigenvalue weighted by Crippen LogP contribution is -2.28. The number of amides is 1. The molecule has 1 heterocycles. The van der Waals surface area contributed by atoms with Crippen LogP contribution >= 0.6 is 23.4 Å². The summed E-state index contributed by atoms with van der Waals surface area (Å²) in [5.41, 5.74) is 2.25. The van der Waals surface area contributed by atoms with Gasteiger partial charge in [0.15, 0.2) is 5.17 Å². The van der Waals surface area contributed by atoms with Crippen molar-refractivity contribution in [2.24, 2.45) is 4.99 Å². The Balaban J connectivity index is 1.50. The molecule has 4 rings (SSSR count). The quantitative estimate of drug-likeness (QED) is 0.373. The van der Waals surface area contributed by atoms with Gasteiger partial charge in [0, 0.05) is 6.54 Å². The molecule has 0 aromatic heterocycles. The van der Waals surface area contributed by atoms with E-state index in [2.05, 4.69) is 4.99 Å². The van der Waals surface area contributed by atoms with Crippen LogP contribution in [0.2, 0.25) is 5.02 Å². The van der Waals surface area contributed by atoms with Gasteiger partial charge in [-0.15, -0.1) is 0 Å². The standard InChI is InChI=1S/C26H20ClFN2O4S/c1-2-30-24(31)23(35-26(30)29-20-10-6-18(7-11-20)25(32)33)14-17-5-12-22(21(27)13-17)34-15-16-3-8-19(28)9-4-16/h3-14H,2,15H2,1H3,(H,32,33)/b23-14-,29-26?. The maximum Gasteiger partial charge on any atom is 0.335 e. The predicted molar refractivity (Wildman–Crippen MR) is 136 cm³/mol. The third kappa shape index (κ3) is 5.90. The third-order valence-corrected chi connectivity index (χ3v) is 6.41. The molecule has 3 aromatic rings. The van der Waals surface area contributed by atoms with Crippen LogP contribution in [0.15, 0.2) is 76.6 Å². The average molecular weight is 511 g/mol. The van der Waals surface area contributed by atoms with E-state index in [4.69, 9.17) is 21.4 Å². The molecule has 9 heteroatoms. The molecule has 0 aliphatic carbocycles. The maximum absolute atomic E-state index is 13.1. The molecule has 0 spiro atoms. The highest BCUT2D eigenvalue weighted by atomic mass is 35.5. The predicted octanol–water partition coefficient (Wildman–Crippen LogP) is 6.38. The van der Waals surface area contributed by atoms with Crippen molar-refractivity contribution < 1.29 is 23.8 Å². The number of nitrogens with zero attached hydrogens (tertiary/aromatic N) is 2. The van der Waals surface area contributed by atoms with E-state index < -0.39 is 5.97 Å². The number of aromatic carboxylic acids is 1. The van der Waals surface area contributed by atoms with Crippen molar-refractivity contribution >= 4 is 52.2 Å². The number of aliphatic imine (C=N–C) groups is 1. The number of halogens is 2. The number of ether oxygens (including phenoxy) is 1. The van der Waals surface area contributed by atoms with Crippen LogP contribution in [0.1, 0.15) is 28.4 Å². The Hall–Kier alpha value is -3.62. The van der Waals surface area contributed by atoms with Gasteiger partial charge in [0.05, 0.1) is 21.2 Å². The molecule has 35 heavy (non-hydrogen) atoms. The zero-order valence-corrected chi connectivity index (χ0v) is 20.1. The van der Waals surface area contributed by atoms with Gasteiger partial charge in [-0.2, -0.15) is 0 Å². The minimum absolute atomic E-state index is 0.166. The van der Waals surface area contributed by atoms with Gasteiger partial charge >= 0.3 is 5.97 Å². The van der Waals surface area contributed by atoms with Crippen LogP contribution in [0.3, 0.4) is 0 Å². The maximum atomic E-state index is 13.1. The Morgan fingerprint density at radius 1 is 1.14 bits per heavy atom. The Morgan fingerprint density at radius 3 is 2.49 bits per heavy atom. The molecule has 1 amide bonds. The van der Waals surface area contributed by atoms with Gasteiger partial charge in [-0.3, -0.25) is 9.69 Å². The van der Waals surface area contributed by atoms with E-state index >= 15 is 0 Å². The highest BCUT2D eigenvalue weighted by Gasteiger charge is 2.32. The summed E-state index contributed by atoms with van der Waals surface area (Å²) >= 11 is 7.62. The molecule has 0 radical (unpaired) electrons. The largest absolute Gasteiger partial charge is 0.487 e. The van der Waals surface area contributed by atoms with Crippen molar-refractivity contribution in [3.05, 3.63) is 99.2 Å². The van der Waals surface area contributed by atoms with Crippen LogP contribution in [-0.4, -0.2) is 33.6 Å². The van der Waals surface area contributed by atoms with Crippen LogP contribution < -0.4 is 4.74 Å². The highest BCUT2D eigenvalue weighted by molar-refractivity contribution is 8.18. The summed E-state index contributed by atoms with van der Waals surface area (Å²) in [5, 5.41) is 9.94. The summed E-state index contributed by atoms with van der Waals surface area (Å²) in [7, 11) is 0. The number of carbonyl (C=O) groups is 2. The van der Waals surface area contributed by atoms with Crippen molar-refractivity contribution in [1.82, 2.24) is 4.90 Å². The Morgan fingerprint density at radius 2 is 1.86 bits per heavy atom. The van der Waals surface area contributed by atoms with E-state index in [-0.39, 0.29) is 23.9 Å². The van der Waals surface area contributed by atoms with Gasteiger partial charge in [-0.05, 0) is 84.4 Å². The number of hydrogen-bond acceptors (Lipinski definition) is 5. The minimum atomic E-state index is -1.01. The number of amidine groups is 1. The molecule has 0 saturated carbocycles. The van der Waals surface area contributed by atoms with E-state index in [1.165, 1.54) is 36.0 Å². The first kappa shape index (κ1) is 24.5. The summed E-state index contributed by atoms with van der Waals surface area (Å²) in [6.45, 7) is 2.54. The zero-order valence-electron chi connectivity index (χ0n) is 18.6. The van der Waals surface area contributed by atoms with E-state index in [0.717, 1.165) is 11.1 Å². The van der Waals surface area contributed by atoms with Gasteiger partial charge < -0.3 is 9.84 Å². The molecule has 1 N–H and O–H groups in total. The molecule has 178 valence electrons. The van der Waals surface area contributed by atoms with Gasteiger partial charge in [0.1, 0.15) is 18.2 Å². The first-order valence-corrected chi connectivity index (χ1v) is 11.8. The van der Waals surface area contributed by atoms with Crippen molar-refractivity contribution in [2.75, 3.05) is 6.54 Å². The normalized spacial score (nSPS) is 15.7. The smallest absolute Gasteiger partial charge is 0.335 e. The number of benzene rings is 3. The molecule has 1 saturated heterocycles. The lowest BCUT2D eigenvalue weighted by Gasteiger charge is -2.12. The number of rotatable bonds is 7. The molecular weight excluding hydrogens is 491 g/mol. The molecular formula is C26H20ClFN2O4S. The average Bonchev–Trinajstić information content (AvgIpc) is 3.13. The first-order valence-electron chi connectivity index (χ1n) is 10.6. The summed E-state index contributed by atoms with van der Waals surface area (Å²) in [6, 6.07) is 17.4. The Kier molecular flexibility index (Phi) is 7.53. The minimum Gasteiger partial charge on any atom is -0.487 e. The molecule has 0 bridgehead atoms. The monoisotopic (exact) mass is 510 g/mol. The number of hydrogen-bond donors (Lipinski definition) is 1. The zero-order chi connectivity index (χ0) is 24.9. The fourth-order valence-electron chi connectivity index (χ4n) is 3.28. The number of likely N-dealkylation sites (N-methyl/N-ethyl adjacent to an activating group) is 1. The van der Waals surface area contributed by atoms with Crippen LogP contribution in [0.5, 0.6) is 5.75 Å². The van der Waals surface area contributed by atoms with Crippen LogP contribution in [0.25, 0.3) is 6.08 Å². The van der Waals surface area contributed by atoms with Crippen LogP contribution in [0, 0.1) is 5.82 Å². The fourth-order valence-corrected chi connectivity index (χ4v) is 4.58. The molecule has 1 aliphatic rings. The van der Waals surface area contributed by atoms with Gasteiger partial charge in [0.25, 0.3) is 5.91 Å². The number of thioether (sulfide) groups is 1. The summed E-state index contributed by atoms with van der Waals surface area (Å²) in [5.74, 6) is -1.02. The summed E-state index contributed by atoms with van der Waals surface area (Å²) < 4.78 is 18.8. The number of carbonyl (C=O) groups excluding carboxylic acids is 1. The Bertz CT molecular complexity index is 1320. The van der Waals surface area contributed by atoms with E-state index in [9.17, 15) is 14.0 Å². The molecule has 0 unspecified atom stereocenters. The van der Waals surface area contributed by atoms with Crippen molar-refractivity contribution in [3.63, 3.8) is 0 Å². The lowest BCUT2D eigenvalue weighted by molar-refractivity contribution is -0.122. The van der Waals surface area contributed by atoms with Gasteiger partial charge in [-0.25, -0.2) is 14.2 Å². The molecule has 0 atom stereocenters. The lowest BCUT2D eigenvalue weighted by atomic mass is 10.2. The number of carboxylic acids is 1. The van der Waals surface area contributed by atoms with Crippen LogP contribution in [0.4, 0.5) is 10.1 Å². The van der Waals surface area contributed by atoms with E-state index in [1.807, 2.05) is 6.92 Å². The number of carboxylic acid groups (broad SMARTS) is 1. The van der Waals surface area contributed by atoms with Crippen LogP contribution in [-0.2, 0) is 11.4 Å². The molecule has 6 nitrogen and oxygen atoms in total. The summed E-state index contributed by atoms with van der Waals surface area (Å²) in [6.07, 6.45) is 1.74. The van der Waals surface area contributed by atoms with Crippen molar-refractivity contribution in [3.8, 4) is 5.75 Å². The SMILES string of the molecule is CCN1C(=O)/C(=C/c2ccc(OCc3ccc(F)cc3)c(Cl)c2)SC1=Nc1ccc(C(=O)O)cc1. The second kappa shape index (κ2) is 10.8. The van der Waals surface area contributed by atoms with Crippen molar-refractivity contribution in [2.45, 2.75) is 13.5 Å². The van der Waals surface area contributed by atoms with Gasteiger partial charge in [0.2, 0.25) is 0 Å². The molecule has 3 aromatic carbocycles. The molecule has 1 fully saturated rings. The second-order valence-electron chi connectivity index (χ2n) is 7.51. The van der Waals surface area contributed by atoms with E-state index in [1.54, 1.807) is 53.4 Å². The Labute approximate surface area is 210 Å². The third-order valence-electron chi connectivity index (χ3n) is 5.10. The second-order valence-corrected chi connectivity index (χ2v) is 8.93. The van der Waals surface area contributed by atoms with Crippen molar-refractivity contribution in [1.29, 1.82) is 0 Å².